The number of halogens is 1. The summed E-state index contributed by atoms with van der Waals surface area (Å²) in [4.78, 5) is 26.2. The Balaban J connectivity index is 1.94. The van der Waals surface area contributed by atoms with E-state index in [2.05, 4.69) is 10.4 Å². The molecular formula is C26H22FN3O2. The number of nitrogens with zero attached hydrogens (tertiary/aromatic N) is 2. The van der Waals surface area contributed by atoms with E-state index in [-0.39, 0.29) is 16.8 Å². The van der Waals surface area contributed by atoms with Crippen LogP contribution in [0.15, 0.2) is 77.6 Å². The van der Waals surface area contributed by atoms with Crippen LogP contribution in [0.1, 0.15) is 27.2 Å². The van der Waals surface area contributed by atoms with Crippen LogP contribution in [-0.4, -0.2) is 15.7 Å². The Hall–Kier alpha value is -4.06. The first-order chi connectivity index (χ1) is 15.3. The lowest BCUT2D eigenvalue weighted by atomic mass is 10.0. The highest BCUT2D eigenvalue weighted by molar-refractivity contribution is 6.05. The molecule has 32 heavy (non-hydrogen) atoms. The Morgan fingerprint density at radius 2 is 1.41 bits per heavy atom. The number of amides is 1. The maximum Gasteiger partial charge on any atom is 0.256 e. The number of hydrogen-bond donors (Lipinski definition) is 1. The van der Waals surface area contributed by atoms with Gasteiger partial charge in [0, 0.05) is 5.56 Å². The maximum atomic E-state index is 13.3. The Morgan fingerprint density at radius 3 is 2.00 bits per heavy atom. The average Bonchev–Trinajstić information content (AvgIpc) is 2.78. The van der Waals surface area contributed by atoms with E-state index in [0.717, 1.165) is 11.1 Å². The molecule has 0 aliphatic rings. The number of anilines is 1. The van der Waals surface area contributed by atoms with Crippen molar-refractivity contribution in [2.45, 2.75) is 20.8 Å². The van der Waals surface area contributed by atoms with Gasteiger partial charge < -0.3 is 5.32 Å². The van der Waals surface area contributed by atoms with Gasteiger partial charge in [0.05, 0.1) is 11.3 Å². The lowest BCUT2D eigenvalue weighted by Crippen LogP contribution is -2.25. The van der Waals surface area contributed by atoms with Crippen LogP contribution in [0.25, 0.3) is 16.8 Å². The minimum Gasteiger partial charge on any atom is -0.306 e. The van der Waals surface area contributed by atoms with E-state index in [1.54, 1.807) is 11.6 Å². The van der Waals surface area contributed by atoms with Crippen molar-refractivity contribution in [3.8, 4) is 16.8 Å². The lowest BCUT2D eigenvalue weighted by Gasteiger charge is -2.18. The van der Waals surface area contributed by atoms with E-state index in [9.17, 15) is 14.0 Å². The summed E-state index contributed by atoms with van der Waals surface area (Å²) in [6.07, 6.45) is 0. The second-order valence-corrected chi connectivity index (χ2v) is 7.71. The summed E-state index contributed by atoms with van der Waals surface area (Å²) >= 11 is 0. The van der Waals surface area contributed by atoms with Gasteiger partial charge in [-0.1, -0.05) is 47.5 Å². The van der Waals surface area contributed by atoms with E-state index < -0.39 is 11.7 Å². The van der Waals surface area contributed by atoms with Crippen molar-refractivity contribution in [3.63, 3.8) is 0 Å². The fourth-order valence-electron chi connectivity index (χ4n) is 3.40. The number of nitrogens with one attached hydrogen (secondary N) is 1. The van der Waals surface area contributed by atoms with Gasteiger partial charge in [0.15, 0.2) is 0 Å². The molecule has 1 N–H and O–H groups in total. The van der Waals surface area contributed by atoms with E-state index in [0.29, 0.717) is 22.5 Å². The molecule has 1 amide bonds. The molecule has 160 valence electrons. The van der Waals surface area contributed by atoms with E-state index >= 15 is 0 Å². The number of carbonyl (C=O) groups is 1. The van der Waals surface area contributed by atoms with Crippen molar-refractivity contribution in [1.29, 1.82) is 0 Å². The highest BCUT2D eigenvalue weighted by Crippen LogP contribution is 2.28. The van der Waals surface area contributed by atoms with Crippen molar-refractivity contribution >= 4 is 11.7 Å². The molecule has 4 rings (SSSR count). The van der Waals surface area contributed by atoms with Crippen LogP contribution in [0.5, 0.6) is 0 Å². The van der Waals surface area contributed by atoms with Crippen molar-refractivity contribution in [1.82, 2.24) is 9.78 Å². The fourth-order valence-corrected chi connectivity index (χ4v) is 3.40. The van der Waals surface area contributed by atoms with Crippen molar-refractivity contribution in [2.75, 3.05) is 5.32 Å². The van der Waals surface area contributed by atoms with Gasteiger partial charge in [-0.2, -0.15) is 5.10 Å². The number of hydrogen-bond acceptors (Lipinski definition) is 3. The van der Waals surface area contributed by atoms with Crippen molar-refractivity contribution < 1.29 is 9.18 Å². The first-order valence-corrected chi connectivity index (χ1v) is 10.2. The SMILES string of the molecule is Cc1ccc(-c2c(NC(=O)c3ccc(F)cc3)n(-c3ccc(C)cc3)nc(C)c2=O)cc1. The summed E-state index contributed by atoms with van der Waals surface area (Å²) in [7, 11) is 0. The van der Waals surface area contributed by atoms with Crippen LogP contribution < -0.4 is 10.7 Å². The Labute approximate surface area is 185 Å². The minimum absolute atomic E-state index is 0.252. The maximum absolute atomic E-state index is 13.3. The zero-order valence-corrected chi connectivity index (χ0v) is 18.0. The second kappa shape index (κ2) is 8.59. The number of benzene rings is 3. The molecule has 0 radical (unpaired) electrons. The molecule has 0 spiro atoms. The summed E-state index contributed by atoms with van der Waals surface area (Å²) < 4.78 is 14.9. The highest BCUT2D eigenvalue weighted by Gasteiger charge is 2.21. The molecule has 0 bridgehead atoms. The van der Waals surface area contributed by atoms with Crippen LogP contribution in [0.3, 0.4) is 0 Å². The molecule has 1 heterocycles. The van der Waals surface area contributed by atoms with Crippen LogP contribution in [0, 0.1) is 26.6 Å². The first kappa shape index (κ1) is 21.2. The summed E-state index contributed by atoms with van der Waals surface area (Å²) in [6.45, 7) is 5.59. The molecule has 5 nitrogen and oxygen atoms in total. The Bertz CT molecular complexity index is 1340. The fraction of sp³-hybridized carbons (Fsp3) is 0.115. The lowest BCUT2D eigenvalue weighted by molar-refractivity contribution is 0.102. The Morgan fingerprint density at radius 1 is 0.844 bits per heavy atom. The minimum atomic E-state index is -0.468. The van der Waals surface area contributed by atoms with E-state index in [1.807, 2.05) is 62.4 Å². The largest absolute Gasteiger partial charge is 0.306 e. The van der Waals surface area contributed by atoms with Gasteiger partial charge in [-0.3, -0.25) is 9.59 Å². The quantitative estimate of drug-likeness (QED) is 0.486. The second-order valence-electron chi connectivity index (χ2n) is 7.71. The molecule has 6 heteroatoms. The van der Waals surface area contributed by atoms with Crippen LogP contribution in [0.4, 0.5) is 10.2 Å². The molecule has 0 saturated heterocycles. The van der Waals surface area contributed by atoms with Crippen LogP contribution in [-0.2, 0) is 0 Å². The Kier molecular flexibility index (Phi) is 5.69. The topological polar surface area (TPSA) is 64.0 Å². The van der Waals surface area contributed by atoms with Gasteiger partial charge in [-0.15, -0.1) is 0 Å². The normalized spacial score (nSPS) is 10.8. The molecule has 1 aromatic heterocycles. The molecule has 3 aromatic carbocycles. The highest BCUT2D eigenvalue weighted by atomic mass is 19.1. The summed E-state index contributed by atoms with van der Waals surface area (Å²) in [5.41, 5.74) is 4.13. The molecule has 0 aliphatic heterocycles. The average molecular weight is 427 g/mol. The van der Waals surface area contributed by atoms with Gasteiger partial charge in [0.2, 0.25) is 5.43 Å². The third-order valence-electron chi connectivity index (χ3n) is 5.21. The van der Waals surface area contributed by atoms with E-state index in [1.165, 1.54) is 24.3 Å². The molecule has 0 fully saturated rings. The first-order valence-electron chi connectivity index (χ1n) is 10.2. The summed E-state index contributed by atoms with van der Waals surface area (Å²) in [5.74, 6) is -0.651. The number of rotatable bonds is 4. The third-order valence-corrected chi connectivity index (χ3v) is 5.21. The number of aromatic nitrogens is 2. The predicted molar refractivity (Wildman–Crippen MR) is 124 cm³/mol. The number of carbonyl (C=O) groups excluding carboxylic acids is 1. The van der Waals surface area contributed by atoms with Crippen molar-refractivity contribution in [2.24, 2.45) is 0 Å². The molecule has 0 unspecified atom stereocenters. The van der Waals surface area contributed by atoms with Crippen LogP contribution >= 0.6 is 0 Å². The zero-order chi connectivity index (χ0) is 22.8. The zero-order valence-electron chi connectivity index (χ0n) is 18.0. The predicted octanol–water partition coefficient (Wildman–Crippen LogP) is 5.22. The third kappa shape index (κ3) is 4.21. The van der Waals surface area contributed by atoms with Gasteiger partial charge in [-0.05, 0) is 62.7 Å². The summed E-state index contributed by atoms with van der Waals surface area (Å²) in [5, 5.41) is 7.31. The van der Waals surface area contributed by atoms with Crippen molar-refractivity contribution in [3.05, 3.63) is 111 Å². The molecule has 0 atom stereocenters. The molecule has 4 aromatic rings. The van der Waals surface area contributed by atoms with Gasteiger partial charge in [0.1, 0.15) is 17.3 Å². The van der Waals surface area contributed by atoms with E-state index in [4.69, 9.17) is 0 Å². The monoisotopic (exact) mass is 427 g/mol. The molecular weight excluding hydrogens is 405 g/mol. The molecule has 0 aliphatic carbocycles. The smallest absolute Gasteiger partial charge is 0.256 e. The summed E-state index contributed by atoms with van der Waals surface area (Å²) in [6, 6.07) is 20.3. The van der Waals surface area contributed by atoms with Gasteiger partial charge >= 0.3 is 0 Å². The number of aryl methyl sites for hydroxylation is 3. The standard InChI is InChI=1S/C26H22FN3O2/c1-16-4-8-19(9-5-16)23-24(31)18(3)29-30(22-14-6-17(2)7-15-22)25(23)28-26(32)20-10-12-21(27)13-11-20/h4-15H,1-3H3,(H,28,32). The molecule has 0 saturated carbocycles. The van der Waals surface area contributed by atoms with Gasteiger partial charge in [-0.25, -0.2) is 9.07 Å². The van der Waals surface area contributed by atoms with Crippen LogP contribution in [0.2, 0.25) is 0 Å². The van der Waals surface area contributed by atoms with Gasteiger partial charge in [0.25, 0.3) is 5.91 Å².